The van der Waals surface area contributed by atoms with Crippen molar-refractivity contribution >= 4 is 27.5 Å². The highest BCUT2D eigenvalue weighted by Crippen LogP contribution is 2.31. The third-order valence-corrected chi connectivity index (χ3v) is 4.34. The van der Waals surface area contributed by atoms with Crippen LogP contribution in [0.15, 0.2) is 72.8 Å². The van der Waals surface area contributed by atoms with E-state index in [9.17, 15) is 0 Å². The molecular weight excluding hydrogens is 280 g/mol. The van der Waals surface area contributed by atoms with Crippen molar-refractivity contribution in [3.63, 3.8) is 0 Å². The van der Waals surface area contributed by atoms with Crippen molar-refractivity contribution < 1.29 is 0 Å². The van der Waals surface area contributed by atoms with Crippen molar-refractivity contribution in [3.05, 3.63) is 78.4 Å². The third-order valence-electron chi connectivity index (χ3n) is 4.34. The van der Waals surface area contributed by atoms with E-state index in [0.29, 0.717) is 0 Å². The maximum Gasteiger partial charge on any atom is 0.0496 e. The molecule has 1 aromatic heterocycles. The number of hydrogen-bond acceptors (Lipinski definition) is 1. The highest BCUT2D eigenvalue weighted by molar-refractivity contribution is 6.09. The van der Waals surface area contributed by atoms with Gasteiger partial charge in [0, 0.05) is 40.6 Å². The number of para-hydroxylation sites is 1. The highest BCUT2D eigenvalue weighted by Gasteiger charge is 2.11. The average molecular weight is 300 g/mol. The Morgan fingerprint density at radius 1 is 0.783 bits per heavy atom. The van der Waals surface area contributed by atoms with Crippen molar-refractivity contribution in [1.82, 2.24) is 4.57 Å². The second-order valence-corrected chi connectivity index (χ2v) is 5.85. The number of hydrogen-bond donors (Lipinski definition) is 1. The molecular formula is C21H20N2. The van der Waals surface area contributed by atoms with Gasteiger partial charge >= 0.3 is 0 Å². The standard InChI is InChI=1S/C21H20N2/c1-2-22-17-12-13-21-19(14-17)18-10-6-7-11-20(18)23(21)15-16-8-4-3-5-9-16/h3-14,22H,2,15H2,1H3. The van der Waals surface area contributed by atoms with Gasteiger partial charge in [-0.3, -0.25) is 0 Å². The van der Waals surface area contributed by atoms with Crippen LogP contribution in [0.2, 0.25) is 0 Å². The smallest absolute Gasteiger partial charge is 0.0496 e. The van der Waals surface area contributed by atoms with Crippen molar-refractivity contribution in [1.29, 1.82) is 0 Å². The minimum absolute atomic E-state index is 0.894. The van der Waals surface area contributed by atoms with E-state index in [-0.39, 0.29) is 0 Å². The summed E-state index contributed by atoms with van der Waals surface area (Å²) in [5, 5.41) is 6.05. The predicted octanol–water partition coefficient (Wildman–Crippen LogP) is 5.27. The number of fused-ring (bicyclic) bond motifs is 3. The summed E-state index contributed by atoms with van der Waals surface area (Å²) in [6.45, 7) is 3.96. The molecule has 0 aliphatic heterocycles. The van der Waals surface area contributed by atoms with E-state index in [1.54, 1.807) is 0 Å². The minimum atomic E-state index is 0.894. The normalized spacial score (nSPS) is 11.2. The van der Waals surface area contributed by atoms with Crippen LogP contribution in [0.25, 0.3) is 21.8 Å². The second kappa shape index (κ2) is 5.81. The van der Waals surface area contributed by atoms with Gasteiger partial charge in [-0.1, -0.05) is 48.5 Å². The molecule has 0 spiro atoms. The molecule has 0 saturated heterocycles. The average Bonchev–Trinajstić information content (AvgIpc) is 2.90. The van der Waals surface area contributed by atoms with E-state index >= 15 is 0 Å². The fourth-order valence-corrected chi connectivity index (χ4v) is 3.30. The highest BCUT2D eigenvalue weighted by atomic mass is 15.0. The summed E-state index contributed by atoms with van der Waals surface area (Å²) in [7, 11) is 0. The molecule has 4 aromatic rings. The van der Waals surface area contributed by atoms with Crippen molar-refractivity contribution in [3.8, 4) is 0 Å². The van der Waals surface area contributed by atoms with Crippen LogP contribution in [-0.2, 0) is 6.54 Å². The van der Waals surface area contributed by atoms with Crippen LogP contribution in [0.1, 0.15) is 12.5 Å². The number of rotatable bonds is 4. The lowest BCUT2D eigenvalue weighted by Gasteiger charge is -2.08. The molecule has 0 unspecified atom stereocenters. The zero-order chi connectivity index (χ0) is 15.6. The molecule has 0 bridgehead atoms. The molecule has 1 heterocycles. The maximum absolute atomic E-state index is 3.41. The van der Waals surface area contributed by atoms with E-state index < -0.39 is 0 Å². The predicted molar refractivity (Wildman–Crippen MR) is 99.2 cm³/mol. The number of aromatic nitrogens is 1. The van der Waals surface area contributed by atoms with Crippen molar-refractivity contribution in [2.24, 2.45) is 0 Å². The molecule has 0 aliphatic rings. The molecule has 3 aromatic carbocycles. The molecule has 1 N–H and O–H groups in total. The monoisotopic (exact) mass is 300 g/mol. The molecule has 2 heteroatoms. The number of benzene rings is 3. The minimum Gasteiger partial charge on any atom is -0.385 e. The van der Waals surface area contributed by atoms with Crippen molar-refractivity contribution in [2.75, 3.05) is 11.9 Å². The third kappa shape index (κ3) is 2.46. The van der Waals surface area contributed by atoms with Crippen LogP contribution in [-0.4, -0.2) is 11.1 Å². The number of nitrogens with one attached hydrogen (secondary N) is 1. The molecule has 0 atom stereocenters. The molecule has 0 amide bonds. The lowest BCUT2D eigenvalue weighted by atomic mass is 10.1. The Balaban J connectivity index is 1.94. The Labute approximate surface area is 136 Å². The maximum atomic E-state index is 3.41. The first-order valence-corrected chi connectivity index (χ1v) is 8.15. The molecule has 0 aliphatic carbocycles. The van der Waals surface area contributed by atoms with Gasteiger partial charge in [0.1, 0.15) is 0 Å². The Morgan fingerprint density at radius 2 is 1.52 bits per heavy atom. The largest absolute Gasteiger partial charge is 0.385 e. The summed E-state index contributed by atoms with van der Waals surface area (Å²) < 4.78 is 2.41. The van der Waals surface area contributed by atoms with Crippen LogP contribution < -0.4 is 5.32 Å². The zero-order valence-corrected chi connectivity index (χ0v) is 13.3. The second-order valence-electron chi connectivity index (χ2n) is 5.85. The van der Waals surface area contributed by atoms with Crippen LogP contribution in [0, 0.1) is 0 Å². The topological polar surface area (TPSA) is 17.0 Å². The van der Waals surface area contributed by atoms with Gasteiger partial charge in [-0.25, -0.2) is 0 Å². The summed E-state index contributed by atoms with van der Waals surface area (Å²) >= 11 is 0. The first-order chi connectivity index (χ1) is 11.4. The Morgan fingerprint density at radius 3 is 2.35 bits per heavy atom. The first kappa shape index (κ1) is 13.9. The van der Waals surface area contributed by atoms with E-state index in [0.717, 1.165) is 13.1 Å². The number of anilines is 1. The molecule has 2 nitrogen and oxygen atoms in total. The van der Waals surface area contributed by atoms with Crippen LogP contribution in [0.4, 0.5) is 5.69 Å². The van der Waals surface area contributed by atoms with Gasteiger partial charge in [0.25, 0.3) is 0 Å². The summed E-state index contributed by atoms with van der Waals surface area (Å²) in [5.41, 5.74) is 5.09. The Kier molecular flexibility index (Phi) is 3.51. The summed E-state index contributed by atoms with van der Waals surface area (Å²) in [6.07, 6.45) is 0. The quantitative estimate of drug-likeness (QED) is 0.543. The summed E-state index contributed by atoms with van der Waals surface area (Å²) in [5.74, 6) is 0. The van der Waals surface area contributed by atoms with E-state index in [1.807, 2.05) is 0 Å². The van der Waals surface area contributed by atoms with Gasteiger partial charge in [-0.2, -0.15) is 0 Å². The van der Waals surface area contributed by atoms with Gasteiger partial charge in [0.15, 0.2) is 0 Å². The molecule has 0 saturated carbocycles. The fourth-order valence-electron chi connectivity index (χ4n) is 3.30. The summed E-state index contributed by atoms with van der Waals surface area (Å²) in [6, 6.07) is 26.0. The van der Waals surface area contributed by atoms with Crippen LogP contribution in [0.5, 0.6) is 0 Å². The lowest BCUT2D eigenvalue weighted by Crippen LogP contribution is -1.99. The fraction of sp³-hybridized carbons (Fsp3) is 0.143. The van der Waals surface area contributed by atoms with Gasteiger partial charge in [0.2, 0.25) is 0 Å². The lowest BCUT2D eigenvalue weighted by molar-refractivity contribution is 0.869. The van der Waals surface area contributed by atoms with Gasteiger partial charge in [0.05, 0.1) is 0 Å². The van der Waals surface area contributed by atoms with E-state index in [4.69, 9.17) is 0 Å². The Bertz CT molecular complexity index is 952. The molecule has 0 fully saturated rings. The van der Waals surface area contributed by atoms with Gasteiger partial charge < -0.3 is 9.88 Å². The Hall–Kier alpha value is -2.74. The summed E-state index contributed by atoms with van der Waals surface area (Å²) in [4.78, 5) is 0. The van der Waals surface area contributed by atoms with Crippen molar-refractivity contribution in [2.45, 2.75) is 13.5 Å². The first-order valence-electron chi connectivity index (χ1n) is 8.15. The van der Waals surface area contributed by atoms with E-state index in [1.165, 1.54) is 33.1 Å². The van der Waals surface area contributed by atoms with Crippen LogP contribution in [0.3, 0.4) is 0 Å². The zero-order valence-electron chi connectivity index (χ0n) is 13.3. The molecule has 0 radical (unpaired) electrons. The molecule has 114 valence electrons. The van der Waals surface area contributed by atoms with Crippen LogP contribution >= 0.6 is 0 Å². The number of nitrogens with zero attached hydrogens (tertiary/aromatic N) is 1. The van der Waals surface area contributed by atoms with Gasteiger partial charge in [-0.15, -0.1) is 0 Å². The van der Waals surface area contributed by atoms with Gasteiger partial charge in [-0.05, 0) is 36.8 Å². The van der Waals surface area contributed by atoms with E-state index in [2.05, 4.69) is 89.6 Å². The molecule has 23 heavy (non-hydrogen) atoms. The SMILES string of the molecule is CCNc1ccc2c(c1)c1ccccc1n2Cc1ccccc1. The molecule has 4 rings (SSSR count).